The first-order valence-corrected chi connectivity index (χ1v) is 6.20. The van der Waals surface area contributed by atoms with Crippen molar-refractivity contribution in [2.75, 3.05) is 5.32 Å². The second kappa shape index (κ2) is 5.62. The van der Waals surface area contributed by atoms with Gasteiger partial charge in [0.1, 0.15) is 5.75 Å². The van der Waals surface area contributed by atoms with Crippen molar-refractivity contribution in [2.24, 2.45) is 0 Å². The van der Waals surface area contributed by atoms with Crippen molar-refractivity contribution in [3.63, 3.8) is 0 Å². The number of carbonyl (C=O) groups excluding carboxylic acids is 1. The first kappa shape index (κ1) is 14.5. The summed E-state index contributed by atoms with van der Waals surface area (Å²) in [6.07, 6.45) is 0. The minimum absolute atomic E-state index is 0.0261. The molecule has 3 N–H and O–H groups in total. The molecule has 1 aromatic heterocycles. The van der Waals surface area contributed by atoms with Crippen LogP contribution in [0, 0.1) is 13.8 Å². The van der Waals surface area contributed by atoms with E-state index in [4.69, 9.17) is 5.11 Å². The predicted octanol–water partition coefficient (Wildman–Crippen LogP) is 2.35. The van der Waals surface area contributed by atoms with Gasteiger partial charge in [0.2, 0.25) is 0 Å². The second-order valence-corrected chi connectivity index (χ2v) is 4.58. The van der Waals surface area contributed by atoms with Crippen molar-refractivity contribution in [3.05, 3.63) is 52.8 Å². The van der Waals surface area contributed by atoms with Gasteiger partial charge in [0, 0.05) is 5.69 Å². The molecule has 0 saturated heterocycles. The number of carbonyl (C=O) groups is 2. The van der Waals surface area contributed by atoms with Gasteiger partial charge in [-0.25, -0.2) is 4.79 Å². The zero-order valence-electron chi connectivity index (χ0n) is 11.5. The van der Waals surface area contributed by atoms with E-state index in [9.17, 15) is 14.7 Å². The number of carboxylic acids is 1. The number of benzene rings is 1. The molecule has 0 aliphatic carbocycles. The topological polar surface area (TPSA) is 99.5 Å². The van der Waals surface area contributed by atoms with Crippen molar-refractivity contribution in [1.82, 2.24) is 4.98 Å². The van der Waals surface area contributed by atoms with E-state index in [1.165, 1.54) is 18.2 Å². The highest BCUT2D eigenvalue weighted by atomic mass is 16.4. The number of aryl methyl sites for hydroxylation is 2. The number of aromatic nitrogens is 1. The van der Waals surface area contributed by atoms with Crippen LogP contribution in [0.4, 0.5) is 5.69 Å². The summed E-state index contributed by atoms with van der Waals surface area (Å²) in [5, 5.41) is 21.1. The Hall–Kier alpha value is -2.89. The molecule has 1 amide bonds. The van der Waals surface area contributed by atoms with E-state index >= 15 is 0 Å². The highest BCUT2D eigenvalue weighted by Crippen LogP contribution is 2.25. The molecule has 21 heavy (non-hydrogen) atoms. The smallest absolute Gasteiger partial charge is 0.335 e. The van der Waals surface area contributed by atoms with Crippen LogP contribution in [0.25, 0.3) is 0 Å². The highest BCUT2D eigenvalue weighted by Gasteiger charge is 2.14. The van der Waals surface area contributed by atoms with E-state index in [0.717, 1.165) is 5.69 Å². The normalized spacial score (nSPS) is 10.2. The Morgan fingerprint density at radius 1 is 1.14 bits per heavy atom. The minimum Gasteiger partial charge on any atom is -0.506 e. The number of aromatic hydroxyl groups is 1. The van der Waals surface area contributed by atoms with Crippen LogP contribution >= 0.6 is 0 Å². The van der Waals surface area contributed by atoms with E-state index in [1.54, 1.807) is 19.1 Å². The number of anilines is 1. The van der Waals surface area contributed by atoms with Crippen LogP contribution in [0.2, 0.25) is 0 Å². The summed E-state index contributed by atoms with van der Waals surface area (Å²) in [6, 6.07) is 7.01. The summed E-state index contributed by atoms with van der Waals surface area (Å²) < 4.78 is 0. The van der Waals surface area contributed by atoms with E-state index in [2.05, 4.69) is 10.3 Å². The van der Waals surface area contributed by atoms with Gasteiger partial charge in [0.25, 0.3) is 5.91 Å². The summed E-state index contributed by atoms with van der Waals surface area (Å²) in [5.74, 6) is -1.80. The molecule has 0 fully saturated rings. The quantitative estimate of drug-likeness (QED) is 0.752. The average Bonchev–Trinajstić information content (AvgIpc) is 2.40. The Kier molecular flexibility index (Phi) is 3.89. The fourth-order valence-corrected chi connectivity index (χ4v) is 1.89. The van der Waals surface area contributed by atoms with Crippen molar-refractivity contribution in [2.45, 2.75) is 13.8 Å². The summed E-state index contributed by atoms with van der Waals surface area (Å²) in [5.41, 5.74) is 1.73. The third-order valence-electron chi connectivity index (χ3n) is 2.96. The van der Waals surface area contributed by atoms with E-state index in [-0.39, 0.29) is 17.0 Å². The number of hydrogen-bond acceptors (Lipinski definition) is 4. The number of amides is 1. The second-order valence-electron chi connectivity index (χ2n) is 4.58. The van der Waals surface area contributed by atoms with Gasteiger partial charge in [-0.05, 0) is 44.2 Å². The Balaban J connectivity index is 2.31. The van der Waals surface area contributed by atoms with Crippen LogP contribution < -0.4 is 5.32 Å². The molecular weight excluding hydrogens is 272 g/mol. The lowest BCUT2D eigenvalue weighted by atomic mass is 10.1. The Bertz CT molecular complexity index is 726. The maximum absolute atomic E-state index is 12.2. The van der Waals surface area contributed by atoms with Gasteiger partial charge in [-0.3, -0.25) is 9.78 Å². The number of phenols is 1. The highest BCUT2D eigenvalue weighted by molar-refractivity contribution is 6.06. The fourth-order valence-electron chi connectivity index (χ4n) is 1.89. The number of carboxylic acid groups (broad SMARTS) is 1. The number of phenolic OH excluding ortho intramolecular Hbond substituents is 1. The van der Waals surface area contributed by atoms with Gasteiger partial charge in [-0.15, -0.1) is 0 Å². The number of hydrogen-bond donors (Lipinski definition) is 3. The summed E-state index contributed by atoms with van der Waals surface area (Å²) in [7, 11) is 0. The van der Waals surface area contributed by atoms with E-state index in [1.807, 2.05) is 6.92 Å². The average molecular weight is 286 g/mol. The Morgan fingerprint density at radius 2 is 1.86 bits per heavy atom. The molecule has 1 aromatic carbocycles. The fraction of sp³-hybridized carbons (Fsp3) is 0.133. The molecule has 2 rings (SSSR count). The SMILES string of the molecule is Cc1ccc(C(=O)Nc2cc(C(=O)O)ccc2O)c(C)n1. The summed E-state index contributed by atoms with van der Waals surface area (Å²) in [4.78, 5) is 27.3. The lowest BCUT2D eigenvalue weighted by Gasteiger charge is -2.10. The van der Waals surface area contributed by atoms with Gasteiger partial charge in [-0.1, -0.05) is 0 Å². The molecule has 2 aromatic rings. The molecule has 0 bridgehead atoms. The number of pyridine rings is 1. The molecule has 1 heterocycles. The third kappa shape index (κ3) is 3.17. The standard InChI is InChI=1S/C15H14N2O4/c1-8-3-5-11(9(2)16-8)14(19)17-12-7-10(15(20)21)4-6-13(12)18/h3-7,18H,1-2H3,(H,17,19)(H,20,21). The number of nitrogens with zero attached hydrogens (tertiary/aromatic N) is 1. The van der Waals surface area contributed by atoms with Crippen LogP contribution in [0.15, 0.2) is 30.3 Å². The zero-order valence-corrected chi connectivity index (χ0v) is 11.5. The molecule has 6 nitrogen and oxygen atoms in total. The van der Waals surface area contributed by atoms with E-state index < -0.39 is 11.9 Å². The minimum atomic E-state index is -1.14. The van der Waals surface area contributed by atoms with Gasteiger partial charge in [0.15, 0.2) is 0 Å². The van der Waals surface area contributed by atoms with Gasteiger partial charge < -0.3 is 15.5 Å². The number of aromatic carboxylic acids is 1. The zero-order chi connectivity index (χ0) is 15.6. The van der Waals surface area contributed by atoms with Crippen LogP contribution in [0.1, 0.15) is 32.1 Å². The maximum Gasteiger partial charge on any atom is 0.335 e. The molecule has 6 heteroatoms. The Labute approximate surface area is 121 Å². The molecule has 0 radical (unpaired) electrons. The molecule has 108 valence electrons. The van der Waals surface area contributed by atoms with Crippen LogP contribution in [-0.4, -0.2) is 27.1 Å². The molecule has 0 spiro atoms. The molecule has 0 atom stereocenters. The molecular formula is C15H14N2O4. The molecule has 0 unspecified atom stereocenters. The molecule has 0 saturated carbocycles. The van der Waals surface area contributed by atoms with Crippen molar-refractivity contribution in [3.8, 4) is 5.75 Å². The lowest BCUT2D eigenvalue weighted by molar-refractivity contribution is 0.0696. The third-order valence-corrected chi connectivity index (χ3v) is 2.96. The first-order valence-electron chi connectivity index (χ1n) is 6.20. The molecule has 0 aliphatic rings. The van der Waals surface area contributed by atoms with Crippen molar-refractivity contribution < 1.29 is 19.8 Å². The van der Waals surface area contributed by atoms with Crippen LogP contribution in [0.3, 0.4) is 0 Å². The van der Waals surface area contributed by atoms with Crippen LogP contribution in [-0.2, 0) is 0 Å². The monoisotopic (exact) mass is 286 g/mol. The van der Waals surface area contributed by atoms with Gasteiger partial charge in [0.05, 0.1) is 22.5 Å². The largest absolute Gasteiger partial charge is 0.506 e. The maximum atomic E-state index is 12.2. The van der Waals surface area contributed by atoms with Crippen molar-refractivity contribution in [1.29, 1.82) is 0 Å². The lowest BCUT2D eigenvalue weighted by Crippen LogP contribution is -2.15. The predicted molar refractivity (Wildman–Crippen MR) is 76.7 cm³/mol. The summed E-state index contributed by atoms with van der Waals surface area (Å²) in [6.45, 7) is 3.52. The van der Waals surface area contributed by atoms with Gasteiger partial charge in [-0.2, -0.15) is 0 Å². The van der Waals surface area contributed by atoms with E-state index in [0.29, 0.717) is 11.3 Å². The number of rotatable bonds is 3. The Morgan fingerprint density at radius 3 is 2.48 bits per heavy atom. The van der Waals surface area contributed by atoms with Crippen LogP contribution in [0.5, 0.6) is 5.75 Å². The summed E-state index contributed by atoms with van der Waals surface area (Å²) >= 11 is 0. The molecule has 0 aliphatic heterocycles. The van der Waals surface area contributed by atoms with Crippen molar-refractivity contribution >= 4 is 17.6 Å². The van der Waals surface area contributed by atoms with Gasteiger partial charge >= 0.3 is 5.97 Å². The number of nitrogens with one attached hydrogen (secondary N) is 1. The first-order chi connectivity index (χ1) is 9.88.